The van der Waals surface area contributed by atoms with Gasteiger partial charge in [-0.2, -0.15) is 0 Å². The molecule has 0 aliphatic carbocycles. The number of rotatable bonds is 4. The predicted molar refractivity (Wildman–Crippen MR) is 93.8 cm³/mol. The van der Waals surface area contributed by atoms with Gasteiger partial charge in [-0.15, -0.1) is 0 Å². The van der Waals surface area contributed by atoms with Crippen LogP contribution in [0.1, 0.15) is 49.4 Å². The van der Waals surface area contributed by atoms with Gasteiger partial charge in [-0.05, 0) is 51.7 Å². The van der Waals surface area contributed by atoms with Crippen LogP contribution < -0.4 is 5.32 Å². The standard InChI is InChI=1S/C19H28N2O3/c1-5-24-19(23)21-10-8-16(9-11-21)18(22)20-15(4)17-12-13(2)6-7-14(17)3/h6-7,12,15-16H,5,8-11H2,1-4H3,(H,20,22)/t15-/m0/s1. The van der Waals surface area contributed by atoms with E-state index in [1.807, 2.05) is 6.92 Å². The second kappa shape index (κ2) is 8.18. The van der Waals surface area contributed by atoms with E-state index in [9.17, 15) is 9.59 Å². The third-order valence-electron chi connectivity index (χ3n) is 4.65. The normalized spacial score (nSPS) is 16.6. The van der Waals surface area contributed by atoms with Crippen molar-refractivity contribution in [2.45, 2.75) is 46.6 Å². The monoisotopic (exact) mass is 332 g/mol. The van der Waals surface area contributed by atoms with Crippen LogP contribution in [-0.2, 0) is 9.53 Å². The summed E-state index contributed by atoms with van der Waals surface area (Å²) in [5.41, 5.74) is 3.54. The zero-order valence-corrected chi connectivity index (χ0v) is 15.1. The number of nitrogens with one attached hydrogen (secondary N) is 1. The molecular weight excluding hydrogens is 304 g/mol. The largest absolute Gasteiger partial charge is 0.450 e. The van der Waals surface area contributed by atoms with E-state index in [1.165, 1.54) is 11.1 Å². The van der Waals surface area contributed by atoms with Crippen LogP contribution in [0.5, 0.6) is 0 Å². The molecule has 0 aromatic heterocycles. The first-order valence-corrected chi connectivity index (χ1v) is 8.71. The van der Waals surface area contributed by atoms with Crippen LogP contribution in [0.3, 0.4) is 0 Å². The smallest absolute Gasteiger partial charge is 0.409 e. The molecule has 1 aliphatic rings. The highest BCUT2D eigenvalue weighted by atomic mass is 16.6. The average molecular weight is 332 g/mol. The molecule has 5 heteroatoms. The number of aryl methyl sites for hydroxylation is 2. The fourth-order valence-corrected chi connectivity index (χ4v) is 3.17. The number of hydrogen-bond acceptors (Lipinski definition) is 3. The first-order chi connectivity index (χ1) is 11.4. The van der Waals surface area contributed by atoms with Crippen molar-refractivity contribution in [1.29, 1.82) is 0 Å². The lowest BCUT2D eigenvalue weighted by atomic mass is 9.94. The Morgan fingerprint density at radius 2 is 1.96 bits per heavy atom. The maximum absolute atomic E-state index is 12.5. The zero-order valence-electron chi connectivity index (χ0n) is 15.1. The molecule has 0 radical (unpaired) electrons. The van der Waals surface area contributed by atoms with Gasteiger partial charge in [-0.25, -0.2) is 4.79 Å². The van der Waals surface area contributed by atoms with Gasteiger partial charge in [0, 0.05) is 19.0 Å². The van der Waals surface area contributed by atoms with E-state index >= 15 is 0 Å². The molecule has 24 heavy (non-hydrogen) atoms. The van der Waals surface area contributed by atoms with Gasteiger partial charge in [0.15, 0.2) is 0 Å². The molecule has 0 unspecified atom stereocenters. The summed E-state index contributed by atoms with van der Waals surface area (Å²) in [5, 5.41) is 3.13. The molecule has 0 spiro atoms. The lowest BCUT2D eigenvalue weighted by Gasteiger charge is -2.31. The maximum Gasteiger partial charge on any atom is 0.409 e. The molecule has 0 bridgehead atoms. The Balaban J connectivity index is 1.89. The van der Waals surface area contributed by atoms with E-state index in [0.717, 1.165) is 5.56 Å². The van der Waals surface area contributed by atoms with Crippen molar-refractivity contribution in [3.8, 4) is 0 Å². The van der Waals surface area contributed by atoms with Crippen LogP contribution in [0.15, 0.2) is 18.2 Å². The van der Waals surface area contributed by atoms with Gasteiger partial charge in [0.05, 0.1) is 12.6 Å². The SMILES string of the molecule is CCOC(=O)N1CCC(C(=O)N[C@@H](C)c2cc(C)ccc2C)CC1. The summed E-state index contributed by atoms with van der Waals surface area (Å²) in [4.78, 5) is 25.9. The van der Waals surface area contributed by atoms with Crippen LogP contribution in [0, 0.1) is 19.8 Å². The van der Waals surface area contributed by atoms with Crippen molar-refractivity contribution in [2.24, 2.45) is 5.92 Å². The Kier molecular flexibility index (Phi) is 6.23. The number of carbonyl (C=O) groups is 2. The molecule has 1 saturated heterocycles. The molecule has 1 N–H and O–H groups in total. The van der Waals surface area contributed by atoms with Crippen LogP contribution in [0.2, 0.25) is 0 Å². The molecule has 132 valence electrons. The first-order valence-electron chi connectivity index (χ1n) is 8.71. The predicted octanol–water partition coefficient (Wildman–Crippen LogP) is 3.35. The van der Waals surface area contributed by atoms with Gasteiger partial charge in [0.25, 0.3) is 0 Å². The second-order valence-electron chi connectivity index (χ2n) is 6.55. The van der Waals surface area contributed by atoms with E-state index in [-0.39, 0.29) is 24.0 Å². The summed E-state index contributed by atoms with van der Waals surface area (Å²) < 4.78 is 5.01. The number of ether oxygens (including phenoxy) is 1. The van der Waals surface area contributed by atoms with Crippen molar-refractivity contribution in [3.05, 3.63) is 34.9 Å². The van der Waals surface area contributed by atoms with Crippen LogP contribution >= 0.6 is 0 Å². The highest BCUT2D eigenvalue weighted by molar-refractivity contribution is 5.79. The summed E-state index contributed by atoms with van der Waals surface area (Å²) in [6.07, 6.45) is 1.09. The molecule has 5 nitrogen and oxygen atoms in total. The number of hydrogen-bond donors (Lipinski definition) is 1. The number of carbonyl (C=O) groups excluding carboxylic acids is 2. The molecule has 0 saturated carbocycles. The van der Waals surface area contributed by atoms with E-state index in [1.54, 1.807) is 11.8 Å². The zero-order chi connectivity index (χ0) is 17.7. The number of likely N-dealkylation sites (tertiary alicyclic amines) is 1. The minimum Gasteiger partial charge on any atom is -0.450 e. The third kappa shape index (κ3) is 4.49. The molecule has 1 fully saturated rings. The summed E-state index contributed by atoms with van der Waals surface area (Å²) in [7, 11) is 0. The topological polar surface area (TPSA) is 58.6 Å². The first kappa shape index (κ1) is 18.3. The van der Waals surface area contributed by atoms with Crippen molar-refractivity contribution in [3.63, 3.8) is 0 Å². The second-order valence-corrected chi connectivity index (χ2v) is 6.55. The van der Waals surface area contributed by atoms with E-state index in [4.69, 9.17) is 4.74 Å². The van der Waals surface area contributed by atoms with Crippen molar-refractivity contribution >= 4 is 12.0 Å². The van der Waals surface area contributed by atoms with Crippen LogP contribution in [0.25, 0.3) is 0 Å². The molecule has 2 rings (SSSR count). The molecule has 1 atom stereocenters. The maximum atomic E-state index is 12.5. The van der Waals surface area contributed by atoms with Crippen LogP contribution in [0.4, 0.5) is 4.79 Å². The fraction of sp³-hybridized carbons (Fsp3) is 0.579. The van der Waals surface area contributed by atoms with Gasteiger partial charge in [-0.3, -0.25) is 4.79 Å². The number of piperidine rings is 1. The van der Waals surface area contributed by atoms with Gasteiger partial charge in [0.2, 0.25) is 5.91 Å². The number of amides is 2. The summed E-state index contributed by atoms with van der Waals surface area (Å²) in [5.74, 6) is 0.0372. The van der Waals surface area contributed by atoms with E-state index in [0.29, 0.717) is 32.5 Å². The van der Waals surface area contributed by atoms with Gasteiger partial charge >= 0.3 is 6.09 Å². The van der Waals surface area contributed by atoms with Crippen LogP contribution in [-0.4, -0.2) is 36.6 Å². The Labute approximate surface area is 144 Å². The Morgan fingerprint density at radius 3 is 2.58 bits per heavy atom. The average Bonchev–Trinajstić information content (AvgIpc) is 2.57. The highest BCUT2D eigenvalue weighted by Gasteiger charge is 2.28. The van der Waals surface area contributed by atoms with E-state index < -0.39 is 0 Å². The van der Waals surface area contributed by atoms with Gasteiger partial charge < -0.3 is 15.0 Å². The van der Waals surface area contributed by atoms with Gasteiger partial charge in [0.1, 0.15) is 0 Å². The molecule has 1 aliphatic heterocycles. The van der Waals surface area contributed by atoms with E-state index in [2.05, 4.69) is 37.4 Å². The Hall–Kier alpha value is -2.04. The molecule has 2 amide bonds. The molecule has 1 heterocycles. The Morgan fingerprint density at radius 1 is 1.29 bits per heavy atom. The molecule has 1 aromatic rings. The fourth-order valence-electron chi connectivity index (χ4n) is 3.17. The lowest BCUT2D eigenvalue weighted by Crippen LogP contribution is -2.43. The summed E-state index contributed by atoms with van der Waals surface area (Å²) in [6, 6.07) is 6.29. The van der Waals surface area contributed by atoms with Gasteiger partial charge in [-0.1, -0.05) is 23.8 Å². The lowest BCUT2D eigenvalue weighted by molar-refractivity contribution is -0.127. The van der Waals surface area contributed by atoms with Crippen molar-refractivity contribution in [2.75, 3.05) is 19.7 Å². The van der Waals surface area contributed by atoms with Crippen molar-refractivity contribution in [1.82, 2.24) is 10.2 Å². The number of nitrogens with zero attached hydrogens (tertiary/aromatic N) is 1. The molecule has 1 aromatic carbocycles. The third-order valence-corrected chi connectivity index (χ3v) is 4.65. The number of benzene rings is 1. The minimum atomic E-state index is -0.278. The summed E-state index contributed by atoms with van der Waals surface area (Å²) in [6.45, 7) is 9.48. The van der Waals surface area contributed by atoms with Crippen molar-refractivity contribution < 1.29 is 14.3 Å². The summed E-state index contributed by atoms with van der Waals surface area (Å²) >= 11 is 0. The minimum absolute atomic E-state index is 0.0134. The Bertz CT molecular complexity index is 592. The quantitative estimate of drug-likeness (QED) is 0.920. The molecular formula is C19H28N2O3. The highest BCUT2D eigenvalue weighted by Crippen LogP contribution is 2.22.